The minimum atomic E-state index is 0.144. The van der Waals surface area contributed by atoms with Gasteiger partial charge >= 0.3 is 0 Å². The van der Waals surface area contributed by atoms with E-state index in [1.165, 1.54) is 0 Å². The number of halogens is 1. The van der Waals surface area contributed by atoms with E-state index in [1.807, 2.05) is 23.9 Å². The second kappa shape index (κ2) is 8.81. The fourth-order valence-electron chi connectivity index (χ4n) is 2.53. The van der Waals surface area contributed by atoms with Crippen LogP contribution in [-0.2, 0) is 0 Å². The number of aromatic nitrogens is 1. The second-order valence-corrected chi connectivity index (χ2v) is 8.46. The molecule has 1 unspecified atom stereocenters. The molecule has 1 aromatic heterocycles. The third-order valence-corrected chi connectivity index (χ3v) is 5.61. The van der Waals surface area contributed by atoms with E-state index in [-0.39, 0.29) is 4.75 Å². The van der Waals surface area contributed by atoms with E-state index in [0.29, 0.717) is 11.1 Å². The van der Waals surface area contributed by atoms with Crippen LogP contribution < -0.4 is 15.5 Å². The van der Waals surface area contributed by atoms with Crippen LogP contribution in [0.5, 0.6) is 0 Å². The third kappa shape index (κ3) is 5.45. The summed E-state index contributed by atoms with van der Waals surface area (Å²) in [5.74, 6) is 1.76. The molecule has 0 saturated carbocycles. The fourth-order valence-corrected chi connectivity index (χ4v) is 2.96. The van der Waals surface area contributed by atoms with Gasteiger partial charge < -0.3 is 15.5 Å². The Balaban J connectivity index is 1.96. The highest BCUT2D eigenvalue weighted by Crippen LogP contribution is 2.26. The van der Waals surface area contributed by atoms with Crippen LogP contribution in [-0.4, -0.2) is 54.2 Å². The van der Waals surface area contributed by atoms with E-state index in [2.05, 4.69) is 47.5 Å². The Morgan fingerprint density at radius 1 is 1.54 bits per heavy atom. The summed E-state index contributed by atoms with van der Waals surface area (Å²) in [4.78, 5) is 11.4. The summed E-state index contributed by atoms with van der Waals surface area (Å²) in [7, 11) is 0. The number of anilines is 1. The highest BCUT2D eigenvalue weighted by molar-refractivity contribution is 7.99. The molecule has 1 aromatic rings. The number of thioether (sulfide) groups is 1. The normalized spacial score (nSPS) is 18.8. The van der Waals surface area contributed by atoms with Gasteiger partial charge in [0.2, 0.25) is 0 Å². The van der Waals surface area contributed by atoms with E-state index < -0.39 is 0 Å². The second-order valence-electron chi connectivity index (χ2n) is 6.54. The first kappa shape index (κ1) is 19.2. The molecular weight excluding hydrogens is 342 g/mol. The molecule has 0 aromatic carbocycles. The van der Waals surface area contributed by atoms with Crippen molar-refractivity contribution in [1.82, 2.24) is 15.6 Å². The van der Waals surface area contributed by atoms with Crippen LogP contribution in [0.25, 0.3) is 0 Å². The van der Waals surface area contributed by atoms with Gasteiger partial charge in [-0.1, -0.05) is 11.6 Å². The predicted octanol–water partition coefficient (Wildman–Crippen LogP) is 3.01. The molecule has 0 spiro atoms. The lowest BCUT2D eigenvalue weighted by atomic mass is 10.2. The van der Waals surface area contributed by atoms with Gasteiger partial charge in [0.25, 0.3) is 0 Å². The molecule has 24 heavy (non-hydrogen) atoms. The summed E-state index contributed by atoms with van der Waals surface area (Å²) in [6.07, 6.45) is 4.96. The smallest absolute Gasteiger partial charge is 0.191 e. The maximum absolute atomic E-state index is 6.26. The van der Waals surface area contributed by atoms with Gasteiger partial charge in [-0.3, -0.25) is 4.99 Å². The topological polar surface area (TPSA) is 52.6 Å². The van der Waals surface area contributed by atoms with Crippen LogP contribution in [0.4, 0.5) is 5.82 Å². The molecule has 1 aliphatic heterocycles. The summed E-state index contributed by atoms with van der Waals surface area (Å²) in [5.41, 5.74) is 0. The van der Waals surface area contributed by atoms with Crippen molar-refractivity contribution in [2.75, 3.05) is 37.3 Å². The van der Waals surface area contributed by atoms with Crippen molar-refractivity contribution >= 4 is 35.1 Å². The Hall–Kier alpha value is -1.14. The quantitative estimate of drug-likeness (QED) is 0.596. The molecule has 0 radical (unpaired) electrons. The largest absolute Gasteiger partial charge is 0.357 e. The number of hydrogen-bond donors (Lipinski definition) is 2. The van der Waals surface area contributed by atoms with Crippen molar-refractivity contribution in [2.45, 2.75) is 38.0 Å². The number of aliphatic imine (C=N–C) groups is 1. The highest BCUT2D eigenvalue weighted by atomic mass is 35.5. The number of pyridine rings is 1. The Morgan fingerprint density at radius 3 is 3.00 bits per heavy atom. The minimum Gasteiger partial charge on any atom is -0.357 e. The van der Waals surface area contributed by atoms with Crippen molar-refractivity contribution in [3.05, 3.63) is 23.4 Å². The molecule has 5 nitrogen and oxygen atoms in total. The molecule has 134 valence electrons. The summed E-state index contributed by atoms with van der Waals surface area (Å²) in [6.45, 7) is 9.99. The summed E-state index contributed by atoms with van der Waals surface area (Å²) >= 11 is 8.10. The zero-order valence-corrected chi connectivity index (χ0v) is 16.5. The zero-order valence-electron chi connectivity index (χ0n) is 15.0. The van der Waals surface area contributed by atoms with E-state index in [4.69, 9.17) is 16.6 Å². The zero-order chi connectivity index (χ0) is 17.6. The SMILES string of the molecule is CCNC(=NCC(C)(C)SC)NC1CCN(c2ncccc2Cl)C1. The van der Waals surface area contributed by atoms with E-state index in [0.717, 1.165) is 44.4 Å². The summed E-state index contributed by atoms with van der Waals surface area (Å²) in [6, 6.07) is 4.10. The average Bonchev–Trinajstić information content (AvgIpc) is 3.02. The van der Waals surface area contributed by atoms with Gasteiger partial charge in [0.15, 0.2) is 5.96 Å². The van der Waals surface area contributed by atoms with Crippen molar-refractivity contribution in [3.63, 3.8) is 0 Å². The van der Waals surface area contributed by atoms with Crippen LogP contribution in [0.15, 0.2) is 23.3 Å². The van der Waals surface area contributed by atoms with Gasteiger partial charge in [0, 0.05) is 36.6 Å². The monoisotopic (exact) mass is 369 g/mol. The van der Waals surface area contributed by atoms with Gasteiger partial charge in [0.05, 0.1) is 11.6 Å². The average molecular weight is 370 g/mol. The van der Waals surface area contributed by atoms with Crippen LogP contribution in [0.1, 0.15) is 27.2 Å². The lowest BCUT2D eigenvalue weighted by molar-refractivity contribution is 0.641. The molecule has 1 aliphatic rings. The van der Waals surface area contributed by atoms with Gasteiger partial charge in [0.1, 0.15) is 5.82 Å². The molecule has 0 amide bonds. The molecule has 0 aliphatic carbocycles. The Morgan fingerprint density at radius 2 is 2.33 bits per heavy atom. The lowest BCUT2D eigenvalue weighted by Crippen LogP contribution is -2.45. The molecule has 2 N–H and O–H groups in total. The molecule has 2 heterocycles. The van der Waals surface area contributed by atoms with E-state index >= 15 is 0 Å². The van der Waals surface area contributed by atoms with Crippen molar-refractivity contribution in [2.24, 2.45) is 4.99 Å². The number of nitrogens with one attached hydrogen (secondary N) is 2. The van der Waals surface area contributed by atoms with Crippen LogP contribution in [0.2, 0.25) is 5.02 Å². The van der Waals surface area contributed by atoms with Crippen molar-refractivity contribution < 1.29 is 0 Å². The number of hydrogen-bond acceptors (Lipinski definition) is 4. The van der Waals surface area contributed by atoms with Gasteiger partial charge in [-0.05, 0) is 45.6 Å². The molecule has 0 bridgehead atoms. The Kier molecular flexibility index (Phi) is 7.04. The van der Waals surface area contributed by atoms with E-state index in [1.54, 1.807) is 6.20 Å². The lowest BCUT2D eigenvalue weighted by Gasteiger charge is -2.22. The van der Waals surface area contributed by atoms with Gasteiger partial charge in [-0.25, -0.2) is 4.98 Å². The van der Waals surface area contributed by atoms with Gasteiger partial charge in [-0.2, -0.15) is 11.8 Å². The first-order chi connectivity index (χ1) is 11.4. The maximum Gasteiger partial charge on any atom is 0.191 e. The Labute approximate surface area is 154 Å². The molecule has 1 fully saturated rings. The number of nitrogens with zero attached hydrogens (tertiary/aromatic N) is 3. The summed E-state index contributed by atoms with van der Waals surface area (Å²) < 4.78 is 0.144. The fraction of sp³-hybridized carbons (Fsp3) is 0.647. The van der Waals surface area contributed by atoms with Crippen LogP contribution in [0, 0.1) is 0 Å². The van der Waals surface area contributed by atoms with Gasteiger partial charge in [-0.15, -0.1) is 0 Å². The van der Waals surface area contributed by atoms with E-state index in [9.17, 15) is 0 Å². The molecule has 2 rings (SSSR count). The molecular formula is C17H28ClN5S. The van der Waals surface area contributed by atoms with Crippen molar-refractivity contribution in [3.8, 4) is 0 Å². The number of guanidine groups is 1. The van der Waals surface area contributed by atoms with Crippen LogP contribution >= 0.6 is 23.4 Å². The summed E-state index contributed by atoms with van der Waals surface area (Å²) in [5, 5.41) is 7.60. The highest BCUT2D eigenvalue weighted by Gasteiger charge is 2.25. The molecule has 1 saturated heterocycles. The molecule has 7 heteroatoms. The van der Waals surface area contributed by atoms with Crippen molar-refractivity contribution in [1.29, 1.82) is 0 Å². The maximum atomic E-state index is 6.26. The third-order valence-electron chi connectivity index (χ3n) is 4.08. The number of rotatable bonds is 6. The Bertz CT molecular complexity index is 564. The van der Waals surface area contributed by atoms with Crippen LogP contribution in [0.3, 0.4) is 0 Å². The minimum absolute atomic E-state index is 0.144. The molecule has 1 atom stereocenters. The first-order valence-corrected chi connectivity index (χ1v) is 10.0. The first-order valence-electron chi connectivity index (χ1n) is 8.40. The predicted molar refractivity (Wildman–Crippen MR) is 107 cm³/mol. The standard InChI is InChI=1S/C17H28ClN5S/c1-5-19-16(21-12-17(2,3)24-4)22-13-8-10-23(11-13)15-14(18)7-6-9-20-15/h6-7,9,13H,5,8,10-12H2,1-4H3,(H2,19,21,22).